The third kappa shape index (κ3) is 4.04. The fourth-order valence-electron chi connectivity index (χ4n) is 2.97. The van der Waals surface area contributed by atoms with Crippen LogP contribution in [-0.4, -0.2) is 29.2 Å². The minimum Gasteiger partial charge on any atom is -0.359 e. The molecule has 132 valence electrons. The number of aryl methyl sites for hydroxylation is 1. The highest BCUT2D eigenvalue weighted by atomic mass is 35.5. The molecule has 1 aliphatic rings. The number of halogens is 1. The third-order valence-corrected chi connectivity index (χ3v) is 4.90. The summed E-state index contributed by atoms with van der Waals surface area (Å²) in [5, 5.41) is 7.46. The van der Waals surface area contributed by atoms with Gasteiger partial charge in [0.15, 0.2) is 5.82 Å². The number of carbonyl (C=O) groups is 1. The number of aromatic nitrogens is 1. The van der Waals surface area contributed by atoms with Crippen LogP contribution < -0.4 is 5.32 Å². The van der Waals surface area contributed by atoms with Crippen molar-refractivity contribution in [3.63, 3.8) is 0 Å². The summed E-state index contributed by atoms with van der Waals surface area (Å²) in [6.45, 7) is 7.20. The highest BCUT2D eigenvalue weighted by Gasteiger charge is 2.25. The fraction of sp³-hybridized carbons (Fsp3) is 0.368. The summed E-state index contributed by atoms with van der Waals surface area (Å²) in [5.41, 5.74) is 3.29. The van der Waals surface area contributed by atoms with Gasteiger partial charge in [0.05, 0.1) is 0 Å². The van der Waals surface area contributed by atoms with E-state index in [0.29, 0.717) is 30.6 Å². The van der Waals surface area contributed by atoms with Gasteiger partial charge < -0.3 is 9.42 Å². The quantitative estimate of drug-likeness (QED) is 0.829. The maximum atomic E-state index is 12.5. The van der Waals surface area contributed by atoms with Gasteiger partial charge in [0.25, 0.3) is 0 Å². The van der Waals surface area contributed by atoms with Crippen LogP contribution in [0.15, 0.2) is 34.4 Å². The van der Waals surface area contributed by atoms with E-state index in [1.165, 1.54) is 5.57 Å². The molecule has 3 rings (SSSR count). The van der Waals surface area contributed by atoms with Crippen LogP contribution in [0.5, 0.6) is 0 Å². The predicted molar refractivity (Wildman–Crippen MR) is 99.8 cm³/mol. The van der Waals surface area contributed by atoms with Crippen molar-refractivity contribution in [2.24, 2.45) is 5.92 Å². The third-order valence-electron chi connectivity index (χ3n) is 4.67. The van der Waals surface area contributed by atoms with E-state index in [4.69, 9.17) is 16.1 Å². The number of rotatable bonds is 2. The number of amides is 2. The summed E-state index contributed by atoms with van der Waals surface area (Å²) >= 11 is 6.05. The van der Waals surface area contributed by atoms with Crippen LogP contribution in [0.4, 0.5) is 10.6 Å². The highest BCUT2D eigenvalue weighted by molar-refractivity contribution is 6.30. The van der Waals surface area contributed by atoms with Crippen molar-refractivity contribution in [2.45, 2.75) is 27.2 Å². The van der Waals surface area contributed by atoms with Crippen LogP contribution in [0, 0.1) is 19.8 Å². The molecule has 0 aliphatic carbocycles. The van der Waals surface area contributed by atoms with Gasteiger partial charge in [-0.2, -0.15) is 0 Å². The molecule has 0 spiro atoms. The second-order valence-electron chi connectivity index (χ2n) is 6.51. The molecule has 1 fully saturated rings. The van der Waals surface area contributed by atoms with Crippen LogP contribution >= 0.6 is 11.6 Å². The van der Waals surface area contributed by atoms with Crippen LogP contribution in [0.3, 0.4) is 0 Å². The molecule has 2 aromatic rings. The Kier molecular flexibility index (Phi) is 5.13. The first-order chi connectivity index (χ1) is 11.9. The van der Waals surface area contributed by atoms with E-state index in [2.05, 4.69) is 23.5 Å². The van der Waals surface area contributed by atoms with E-state index in [1.807, 2.05) is 43.0 Å². The molecule has 1 aromatic heterocycles. The van der Waals surface area contributed by atoms with Crippen molar-refractivity contribution < 1.29 is 9.32 Å². The van der Waals surface area contributed by atoms with E-state index in [9.17, 15) is 4.79 Å². The molecule has 0 saturated carbocycles. The van der Waals surface area contributed by atoms with Gasteiger partial charge in [-0.15, -0.1) is 0 Å². The molecule has 6 heteroatoms. The number of hydrogen-bond donors (Lipinski definition) is 1. The van der Waals surface area contributed by atoms with E-state index >= 15 is 0 Å². The molecule has 0 bridgehead atoms. The Balaban J connectivity index is 1.65. The van der Waals surface area contributed by atoms with Crippen LogP contribution in [0.1, 0.15) is 30.2 Å². The van der Waals surface area contributed by atoms with Gasteiger partial charge in [-0.1, -0.05) is 47.5 Å². The van der Waals surface area contributed by atoms with E-state index in [1.54, 1.807) is 0 Å². The number of nitrogens with zero attached hydrogens (tertiary/aromatic N) is 2. The number of hydrogen-bond acceptors (Lipinski definition) is 3. The van der Waals surface area contributed by atoms with Gasteiger partial charge in [-0.25, -0.2) is 4.79 Å². The molecule has 25 heavy (non-hydrogen) atoms. The predicted octanol–water partition coefficient (Wildman–Crippen LogP) is 4.90. The largest absolute Gasteiger partial charge is 0.359 e. The minimum absolute atomic E-state index is 0.134. The molecule has 1 saturated heterocycles. The molecule has 1 aromatic carbocycles. The summed E-state index contributed by atoms with van der Waals surface area (Å²) in [6, 6.07) is 7.68. The zero-order chi connectivity index (χ0) is 18.0. The van der Waals surface area contributed by atoms with Gasteiger partial charge in [-0.3, -0.25) is 5.32 Å². The standard InChI is InChI=1S/C19H22ClN3O2/c1-12-11-23(19(24)21-18-13(2)14(3)25-22-18)8-7-16(12)9-15-5-4-6-17(20)10-15/h4-6,9-10,12H,7-8,11H2,1-3H3,(H,21,22,24)/b16-9+. The maximum Gasteiger partial charge on any atom is 0.323 e. The van der Waals surface area contributed by atoms with Gasteiger partial charge in [0, 0.05) is 23.7 Å². The van der Waals surface area contributed by atoms with Crippen molar-refractivity contribution in [3.05, 3.63) is 51.7 Å². The van der Waals surface area contributed by atoms with Crippen molar-refractivity contribution in [2.75, 3.05) is 18.4 Å². The summed E-state index contributed by atoms with van der Waals surface area (Å²) in [6.07, 6.45) is 3.02. The normalized spacial score (nSPS) is 19.3. The lowest BCUT2D eigenvalue weighted by molar-refractivity contribution is 0.197. The second-order valence-corrected chi connectivity index (χ2v) is 6.95. The summed E-state index contributed by atoms with van der Waals surface area (Å²) in [4.78, 5) is 14.3. The van der Waals surface area contributed by atoms with Crippen molar-refractivity contribution >= 4 is 29.5 Å². The number of piperidine rings is 1. The Hall–Kier alpha value is -2.27. The summed E-state index contributed by atoms with van der Waals surface area (Å²) < 4.78 is 5.09. The van der Waals surface area contributed by atoms with Gasteiger partial charge in [-0.05, 0) is 43.9 Å². The van der Waals surface area contributed by atoms with Crippen molar-refractivity contribution in [1.82, 2.24) is 10.1 Å². The molecular weight excluding hydrogens is 338 g/mol. The lowest BCUT2D eigenvalue weighted by Crippen LogP contribution is -2.42. The number of anilines is 1. The lowest BCUT2D eigenvalue weighted by atomic mass is 9.91. The average molecular weight is 360 g/mol. The Labute approximate surface area is 152 Å². The molecule has 2 amide bonds. The van der Waals surface area contributed by atoms with Crippen molar-refractivity contribution in [1.29, 1.82) is 0 Å². The lowest BCUT2D eigenvalue weighted by Gasteiger charge is -2.33. The Morgan fingerprint density at radius 1 is 1.44 bits per heavy atom. The monoisotopic (exact) mass is 359 g/mol. The molecule has 1 atom stereocenters. The first kappa shape index (κ1) is 17.5. The Bertz CT molecular complexity index is 813. The van der Waals surface area contributed by atoms with E-state index < -0.39 is 0 Å². The van der Waals surface area contributed by atoms with Crippen molar-refractivity contribution in [3.8, 4) is 0 Å². The molecular formula is C19H22ClN3O2. The van der Waals surface area contributed by atoms with Gasteiger partial charge in [0.1, 0.15) is 5.76 Å². The number of benzene rings is 1. The summed E-state index contributed by atoms with van der Waals surface area (Å²) in [5.74, 6) is 1.50. The average Bonchev–Trinajstić information content (AvgIpc) is 2.89. The highest BCUT2D eigenvalue weighted by Crippen LogP contribution is 2.26. The molecule has 1 unspecified atom stereocenters. The zero-order valence-corrected chi connectivity index (χ0v) is 15.4. The molecule has 1 N–H and O–H groups in total. The number of urea groups is 1. The zero-order valence-electron chi connectivity index (χ0n) is 14.7. The van der Waals surface area contributed by atoms with E-state index in [-0.39, 0.29) is 6.03 Å². The van der Waals surface area contributed by atoms with Gasteiger partial charge >= 0.3 is 6.03 Å². The summed E-state index contributed by atoms with van der Waals surface area (Å²) in [7, 11) is 0. The topological polar surface area (TPSA) is 58.4 Å². The number of likely N-dealkylation sites (tertiary alicyclic amines) is 1. The molecule has 0 radical (unpaired) electrons. The fourth-order valence-corrected chi connectivity index (χ4v) is 3.17. The number of nitrogens with one attached hydrogen (secondary N) is 1. The molecule has 1 aliphatic heterocycles. The van der Waals surface area contributed by atoms with Crippen LogP contribution in [-0.2, 0) is 0 Å². The Morgan fingerprint density at radius 3 is 2.88 bits per heavy atom. The second kappa shape index (κ2) is 7.31. The maximum absolute atomic E-state index is 12.5. The van der Waals surface area contributed by atoms with Gasteiger partial charge in [0.2, 0.25) is 0 Å². The molecule has 5 nitrogen and oxygen atoms in total. The van der Waals surface area contributed by atoms with Crippen LogP contribution in [0.25, 0.3) is 6.08 Å². The first-order valence-electron chi connectivity index (χ1n) is 8.39. The SMILES string of the molecule is Cc1onc(NC(=O)N2CC/C(=C\c3cccc(Cl)c3)C(C)C2)c1C. The van der Waals surface area contributed by atoms with E-state index in [0.717, 1.165) is 22.6 Å². The molecule has 2 heterocycles. The van der Waals surface area contributed by atoms with Crippen LogP contribution in [0.2, 0.25) is 5.02 Å². The first-order valence-corrected chi connectivity index (χ1v) is 8.76. The minimum atomic E-state index is -0.134. The Morgan fingerprint density at radius 2 is 2.24 bits per heavy atom. The smallest absolute Gasteiger partial charge is 0.323 e. The number of carbonyl (C=O) groups excluding carboxylic acids is 1.